The van der Waals surface area contributed by atoms with E-state index < -0.39 is 0 Å². The molecule has 3 heteroatoms. The molecule has 1 atom stereocenters. The van der Waals surface area contributed by atoms with Crippen molar-refractivity contribution in [3.8, 4) is 0 Å². The second-order valence-corrected chi connectivity index (χ2v) is 4.52. The van der Waals surface area contributed by atoms with Crippen LogP contribution in [0.25, 0.3) is 0 Å². The summed E-state index contributed by atoms with van der Waals surface area (Å²) in [6.07, 6.45) is 2.78. The van der Waals surface area contributed by atoms with Gasteiger partial charge in [-0.25, -0.2) is 0 Å². The molecule has 2 nitrogen and oxygen atoms in total. The zero-order valence-corrected chi connectivity index (χ0v) is 10.6. The third kappa shape index (κ3) is 3.89. The molecular weight excluding hydrogens is 220 g/mol. The zero-order chi connectivity index (χ0) is 11.8. The molecule has 1 rings (SSSR count). The van der Waals surface area contributed by atoms with Crippen LogP contribution in [-0.2, 0) is 9.53 Å². The fourth-order valence-corrected chi connectivity index (χ4v) is 1.80. The highest BCUT2D eigenvalue weighted by Crippen LogP contribution is 2.20. The Hall–Kier alpha value is -0.960. The highest BCUT2D eigenvalue weighted by Gasteiger charge is 2.19. The third-order valence-corrected chi connectivity index (χ3v) is 3.00. The molecule has 0 fully saturated rings. The number of esters is 1. The summed E-state index contributed by atoms with van der Waals surface area (Å²) in [5.74, 6) is 0.627. The fourth-order valence-electron chi connectivity index (χ4n) is 1.55. The highest BCUT2D eigenvalue weighted by molar-refractivity contribution is 7.98. The van der Waals surface area contributed by atoms with Gasteiger partial charge in [-0.1, -0.05) is 37.3 Å². The number of ether oxygens (including phenoxy) is 1. The Morgan fingerprint density at radius 2 is 2.06 bits per heavy atom. The van der Waals surface area contributed by atoms with Crippen molar-refractivity contribution in [3.63, 3.8) is 0 Å². The molecule has 0 aliphatic heterocycles. The molecule has 1 aromatic rings. The molecule has 0 heterocycles. The Kier molecular flexibility index (Phi) is 6.01. The van der Waals surface area contributed by atoms with Crippen molar-refractivity contribution in [1.82, 2.24) is 0 Å². The molecule has 1 unspecified atom stereocenters. The first kappa shape index (κ1) is 13.1. The van der Waals surface area contributed by atoms with E-state index in [1.807, 2.05) is 43.5 Å². The first-order chi connectivity index (χ1) is 7.79. The number of carbonyl (C=O) groups is 1. The summed E-state index contributed by atoms with van der Waals surface area (Å²) in [7, 11) is 0. The second-order valence-electron chi connectivity index (χ2n) is 3.53. The van der Waals surface area contributed by atoms with E-state index in [1.54, 1.807) is 11.8 Å². The van der Waals surface area contributed by atoms with Gasteiger partial charge in [-0.2, -0.15) is 11.8 Å². The standard InChI is InChI=1S/C13H18O2S/c1-3-12(11-7-5-4-6-8-11)13(14)15-9-10-16-2/h4-8,12H,3,9-10H2,1-2H3. The van der Waals surface area contributed by atoms with Crippen molar-refractivity contribution < 1.29 is 9.53 Å². The van der Waals surface area contributed by atoms with Crippen LogP contribution in [0.4, 0.5) is 0 Å². The number of rotatable bonds is 6. The van der Waals surface area contributed by atoms with E-state index in [-0.39, 0.29) is 11.9 Å². The van der Waals surface area contributed by atoms with Crippen molar-refractivity contribution in [1.29, 1.82) is 0 Å². The monoisotopic (exact) mass is 238 g/mol. The minimum absolute atomic E-state index is 0.109. The summed E-state index contributed by atoms with van der Waals surface area (Å²) in [6.45, 7) is 2.51. The molecule has 0 amide bonds. The van der Waals surface area contributed by atoms with Gasteiger partial charge in [0.1, 0.15) is 6.61 Å². The van der Waals surface area contributed by atoms with Crippen molar-refractivity contribution >= 4 is 17.7 Å². The van der Waals surface area contributed by atoms with Crippen LogP contribution in [0.5, 0.6) is 0 Å². The Morgan fingerprint density at radius 1 is 1.38 bits per heavy atom. The van der Waals surface area contributed by atoms with E-state index in [1.165, 1.54) is 0 Å². The first-order valence-electron chi connectivity index (χ1n) is 5.50. The van der Waals surface area contributed by atoms with Gasteiger partial charge in [0.2, 0.25) is 0 Å². The van der Waals surface area contributed by atoms with Crippen LogP contribution >= 0.6 is 11.8 Å². The molecule has 1 aromatic carbocycles. The van der Waals surface area contributed by atoms with Crippen LogP contribution in [0, 0.1) is 0 Å². The summed E-state index contributed by atoms with van der Waals surface area (Å²) >= 11 is 1.68. The minimum atomic E-state index is -0.122. The van der Waals surface area contributed by atoms with E-state index in [4.69, 9.17) is 4.74 Å². The highest BCUT2D eigenvalue weighted by atomic mass is 32.2. The maximum atomic E-state index is 11.8. The summed E-state index contributed by atoms with van der Waals surface area (Å²) in [4.78, 5) is 11.8. The average Bonchev–Trinajstić information content (AvgIpc) is 2.32. The summed E-state index contributed by atoms with van der Waals surface area (Å²) in [5, 5.41) is 0. The molecule has 0 bridgehead atoms. The van der Waals surface area contributed by atoms with E-state index >= 15 is 0 Å². The Balaban J connectivity index is 2.57. The minimum Gasteiger partial charge on any atom is -0.464 e. The summed E-state index contributed by atoms with van der Waals surface area (Å²) in [5.41, 5.74) is 1.04. The fraction of sp³-hybridized carbons (Fsp3) is 0.462. The first-order valence-corrected chi connectivity index (χ1v) is 6.89. The SMILES string of the molecule is CCC(C(=O)OCCSC)c1ccccc1. The van der Waals surface area contributed by atoms with Crippen molar-refractivity contribution in [2.45, 2.75) is 19.3 Å². The van der Waals surface area contributed by atoms with Gasteiger partial charge >= 0.3 is 5.97 Å². The number of hydrogen-bond donors (Lipinski definition) is 0. The Morgan fingerprint density at radius 3 is 2.62 bits per heavy atom. The third-order valence-electron chi connectivity index (χ3n) is 2.43. The Bertz CT molecular complexity index is 311. The molecule has 0 saturated heterocycles. The molecular formula is C13H18O2S. The lowest BCUT2D eigenvalue weighted by Crippen LogP contribution is -2.16. The van der Waals surface area contributed by atoms with Crippen LogP contribution < -0.4 is 0 Å². The molecule has 16 heavy (non-hydrogen) atoms. The maximum Gasteiger partial charge on any atom is 0.313 e. The second kappa shape index (κ2) is 7.34. The van der Waals surface area contributed by atoms with Gasteiger partial charge in [-0.15, -0.1) is 0 Å². The molecule has 0 N–H and O–H groups in total. The van der Waals surface area contributed by atoms with Crippen LogP contribution in [0.1, 0.15) is 24.8 Å². The van der Waals surface area contributed by atoms with Crippen LogP contribution in [-0.4, -0.2) is 24.6 Å². The van der Waals surface area contributed by atoms with Gasteiger partial charge in [-0.05, 0) is 18.2 Å². The number of carbonyl (C=O) groups excluding carboxylic acids is 1. The molecule has 0 spiro atoms. The molecule has 0 aliphatic rings. The lowest BCUT2D eigenvalue weighted by molar-refractivity contribution is -0.144. The summed E-state index contributed by atoms with van der Waals surface area (Å²) < 4.78 is 5.23. The molecule has 0 aliphatic carbocycles. The Labute approximate surface area is 101 Å². The number of benzene rings is 1. The molecule has 88 valence electrons. The largest absolute Gasteiger partial charge is 0.464 e. The van der Waals surface area contributed by atoms with Gasteiger partial charge in [0.25, 0.3) is 0 Å². The maximum absolute atomic E-state index is 11.8. The number of thioether (sulfide) groups is 1. The van der Waals surface area contributed by atoms with E-state index in [0.717, 1.165) is 17.7 Å². The zero-order valence-electron chi connectivity index (χ0n) is 9.81. The molecule has 0 saturated carbocycles. The lowest BCUT2D eigenvalue weighted by atomic mass is 9.97. The average molecular weight is 238 g/mol. The van der Waals surface area contributed by atoms with Crippen LogP contribution in [0.3, 0.4) is 0 Å². The topological polar surface area (TPSA) is 26.3 Å². The van der Waals surface area contributed by atoms with Crippen LogP contribution in [0.2, 0.25) is 0 Å². The van der Waals surface area contributed by atoms with Gasteiger partial charge in [0, 0.05) is 5.75 Å². The normalized spacial score (nSPS) is 12.1. The van der Waals surface area contributed by atoms with E-state index in [0.29, 0.717) is 6.61 Å². The predicted molar refractivity (Wildman–Crippen MR) is 68.8 cm³/mol. The smallest absolute Gasteiger partial charge is 0.313 e. The van der Waals surface area contributed by atoms with Crippen molar-refractivity contribution in [2.24, 2.45) is 0 Å². The quantitative estimate of drug-likeness (QED) is 0.563. The van der Waals surface area contributed by atoms with E-state index in [2.05, 4.69) is 0 Å². The molecule has 0 radical (unpaired) electrons. The lowest BCUT2D eigenvalue weighted by Gasteiger charge is -2.14. The van der Waals surface area contributed by atoms with Crippen molar-refractivity contribution in [3.05, 3.63) is 35.9 Å². The molecule has 0 aromatic heterocycles. The summed E-state index contributed by atoms with van der Waals surface area (Å²) in [6, 6.07) is 9.81. The van der Waals surface area contributed by atoms with Gasteiger partial charge in [-0.3, -0.25) is 4.79 Å². The number of hydrogen-bond acceptors (Lipinski definition) is 3. The van der Waals surface area contributed by atoms with Crippen LogP contribution in [0.15, 0.2) is 30.3 Å². The van der Waals surface area contributed by atoms with Crippen molar-refractivity contribution in [2.75, 3.05) is 18.6 Å². The van der Waals surface area contributed by atoms with E-state index in [9.17, 15) is 4.79 Å². The van der Waals surface area contributed by atoms with Gasteiger partial charge in [0.05, 0.1) is 5.92 Å². The van der Waals surface area contributed by atoms with Gasteiger partial charge in [0.15, 0.2) is 0 Å². The predicted octanol–water partition coefficient (Wildman–Crippen LogP) is 3.09. The van der Waals surface area contributed by atoms with Gasteiger partial charge < -0.3 is 4.74 Å².